The summed E-state index contributed by atoms with van der Waals surface area (Å²) in [6, 6.07) is 7.30. The van der Waals surface area contributed by atoms with E-state index in [-0.39, 0.29) is 0 Å². The van der Waals surface area contributed by atoms with Crippen LogP contribution < -0.4 is 9.46 Å². The molecule has 1 aliphatic heterocycles. The minimum Gasteiger partial charge on any atom is -0.496 e. The SMILES string of the molecule is COc1ccccc1CN1CC[C@@H](NS(=O)(=O)N(C)C)[C@H](O)C1. The molecule has 1 fully saturated rings. The van der Waals surface area contributed by atoms with Gasteiger partial charge in [-0.25, -0.2) is 0 Å². The number of hydrogen-bond acceptors (Lipinski definition) is 5. The molecule has 0 aliphatic carbocycles. The highest BCUT2D eigenvalue weighted by atomic mass is 32.2. The van der Waals surface area contributed by atoms with Gasteiger partial charge in [0.25, 0.3) is 10.2 Å². The number of aliphatic hydroxyl groups is 1. The fourth-order valence-electron chi connectivity index (χ4n) is 2.65. The zero-order valence-electron chi connectivity index (χ0n) is 13.8. The summed E-state index contributed by atoms with van der Waals surface area (Å²) < 4.78 is 32.7. The third-order valence-corrected chi connectivity index (χ3v) is 5.60. The van der Waals surface area contributed by atoms with Gasteiger partial charge in [0.15, 0.2) is 0 Å². The summed E-state index contributed by atoms with van der Waals surface area (Å²) in [5.74, 6) is 0.817. The summed E-state index contributed by atoms with van der Waals surface area (Å²) in [5.41, 5.74) is 1.05. The van der Waals surface area contributed by atoms with Gasteiger partial charge in [-0.1, -0.05) is 18.2 Å². The molecule has 0 bridgehead atoms. The fraction of sp³-hybridized carbons (Fsp3) is 0.600. The van der Waals surface area contributed by atoms with E-state index in [2.05, 4.69) is 9.62 Å². The standard InChI is InChI=1S/C15H25N3O4S/c1-17(2)23(20,21)16-13-8-9-18(11-14(13)19)10-12-6-4-5-7-15(12)22-3/h4-7,13-14,16,19H,8-11H2,1-3H3/t13-,14-/m1/s1. The van der Waals surface area contributed by atoms with E-state index < -0.39 is 22.4 Å². The van der Waals surface area contributed by atoms with Crippen LogP contribution in [-0.2, 0) is 16.8 Å². The number of benzene rings is 1. The van der Waals surface area contributed by atoms with Crippen LogP contribution in [0.3, 0.4) is 0 Å². The van der Waals surface area contributed by atoms with Crippen molar-refractivity contribution in [3.8, 4) is 5.75 Å². The van der Waals surface area contributed by atoms with Gasteiger partial charge in [-0.05, 0) is 12.5 Å². The first-order chi connectivity index (χ1) is 10.8. The Morgan fingerprint density at radius 3 is 2.70 bits per heavy atom. The Balaban J connectivity index is 1.96. The van der Waals surface area contributed by atoms with Crippen molar-refractivity contribution in [2.45, 2.75) is 25.1 Å². The van der Waals surface area contributed by atoms with Crippen LogP contribution in [0.1, 0.15) is 12.0 Å². The molecule has 8 heteroatoms. The van der Waals surface area contributed by atoms with Crippen molar-refractivity contribution in [1.82, 2.24) is 13.9 Å². The third-order valence-electron chi connectivity index (χ3n) is 4.03. The van der Waals surface area contributed by atoms with Crippen LogP contribution in [-0.4, -0.2) is 69.2 Å². The molecule has 2 N–H and O–H groups in total. The van der Waals surface area contributed by atoms with Gasteiger partial charge >= 0.3 is 0 Å². The monoisotopic (exact) mass is 343 g/mol. The van der Waals surface area contributed by atoms with Crippen LogP contribution in [0.25, 0.3) is 0 Å². The number of nitrogens with zero attached hydrogens (tertiary/aromatic N) is 2. The molecule has 0 amide bonds. The maximum absolute atomic E-state index is 11.9. The topological polar surface area (TPSA) is 82.1 Å². The van der Waals surface area contributed by atoms with E-state index in [0.717, 1.165) is 15.6 Å². The molecule has 1 aliphatic rings. The number of para-hydroxylation sites is 1. The normalized spacial score (nSPS) is 23.2. The molecule has 2 rings (SSSR count). The minimum atomic E-state index is -3.53. The number of β-amino-alcohol motifs (C(OH)–C–C–N with tert-alkyl or cyclic N) is 1. The van der Waals surface area contributed by atoms with Crippen LogP contribution >= 0.6 is 0 Å². The third kappa shape index (κ3) is 4.65. The van der Waals surface area contributed by atoms with Gasteiger partial charge in [-0.2, -0.15) is 17.4 Å². The van der Waals surface area contributed by atoms with Crippen molar-refractivity contribution in [3.05, 3.63) is 29.8 Å². The van der Waals surface area contributed by atoms with Crippen molar-refractivity contribution < 1.29 is 18.3 Å². The molecule has 1 saturated heterocycles. The highest BCUT2D eigenvalue weighted by molar-refractivity contribution is 7.87. The average Bonchev–Trinajstić information content (AvgIpc) is 2.50. The molecule has 2 atom stereocenters. The Morgan fingerprint density at radius 2 is 2.09 bits per heavy atom. The summed E-state index contributed by atoms with van der Waals surface area (Å²) in [7, 11) is 1.03. The molecule has 1 aromatic carbocycles. The molecule has 7 nitrogen and oxygen atoms in total. The predicted molar refractivity (Wildman–Crippen MR) is 88.4 cm³/mol. The van der Waals surface area contributed by atoms with Gasteiger partial charge < -0.3 is 9.84 Å². The first-order valence-electron chi connectivity index (χ1n) is 7.55. The van der Waals surface area contributed by atoms with Crippen molar-refractivity contribution in [1.29, 1.82) is 0 Å². The lowest BCUT2D eigenvalue weighted by Gasteiger charge is -2.36. The highest BCUT2D eigenvalue weighted by Gasteiger charge is 2.31. The number of methoxy groups -OCH3 is 1. The van der Waals surface area contributed by atoms with Crippen LogP contribution in [0.4, 0.5) is 0 Å². The molecule has 23 heavy (non-hydrogen) atoms. The van der Waals surface area contributed by atoms with Crippen molar-refractivity contribution in [3.63, 3.8) is 0 Å². The zero-order valence-corrected chi connectivity index (χ0v) is 14.6. The Morgan fingerprint density at radius 1 is 1.39 bits per heavy atom. The van der Waals surface area contributed by atoms with Crippen molar-refractivity contribution in [2.24, 2.45) is 0 Å². The van der Waals surface area contributed by atoms with Gasteiger partial charge in [0.2, 0.25) is 0 Å². The molecule has 1 aromatic rings. The number of piperidine rings is 1. The Hall–Kier alpha value is -1.19. The number of rotatable bonds is 6. The van der Waals surface area contributed by atoms with Gasteiger partial charge in [0.05, 0.1) is 19.3 Å². The number of hydrogen-bond donors (Lipinski definition) is 2. The number of nitrogens with one attached hydrogen (secondary N) is 1. The van der Waals surface area contributed by atoms with Crippen LogP contribution in [0.5, 0.6) is 5.75 Å². The van der Waals surface area contributed by atoms with E-state index in [1.807, 2.05) is 24.3 Å². The number of likely N-dealkylation sites (tertiary alicyclic amines) is 1. The van der Waals surface area contributed by atoms with E-state index in [9.17, 15) is 13.5 Å². The number of ether oxygens (including phenoxy) is 1. The lowest BCUT2D eigenvalue weighted by Crippen LogP contribution is -2.55. The minimum absolute atomic E-state index is 0.415. The van der Waals surface area contributed by atoms with E-state index in [4.69, 9.17) is 4.74 Å². The second-order valence-electron chi connectivity index (χ2n) is 5.91. The molecule has 0 aromatic heterocycles. The smallest absolute Gasteiger partial charge is 0.279 e. The van der Waals surface area contributed by atoms with E-state index >= 15 is 0 Å². The highest BCUT2D eigenvalue weighted by Crippen LogP contribution is 2.21. The first kappa shape index (κ1) is 18.2. The van der Waals surface area contributed by atoms with Gasteiger partial charge in [-0.15, -0.1) is 0 Å². The predicted octanol–water partition coefficient (Wildman–Crippen LogP) is 0.0264. The summed E-state index contributed by atoms with van der Waals surface area (Å²) in [6.45, 7) is 1.78. The molecule has 0 spiro atoms. The lowest BCUT2D eigenvalue weighted by atomic mass is 10.0. The summed E-state index contributed by atoms with van der Waals surface area (Å²) in [5, 5.41) is 10.3. The molecule has 130 valence electrons. The van der Waals surface area contributed by atoms with Crippen molar-refractivity contribution in [2.75, 3.05) is 34.3 Å². The van der Waals surface area contributed by atoms with Crippen LogP contribution in [0.15, 0.2) is 24.3 Å². The van der Waals surface area contributed by atoms with Gasteiger partial charge in [0, 0.05) is 39.3 Å². The quantitative estimate of drug-likeness (QED) is 0.761. The molecule has 0 saturated carbocycles. The van der Waals surface area contributed by atoms with E-state index in [1.54, 1.807) is 7.11 Å². The zero-order chi connectivity index (χ0) is 17.0. The van der Waals surface area contributed by atoms with Crippen LogP contribution in [0.2, 0.25) is 0 Å². The average molecular weight is 343 g/mol. The number of aliphatic hydroxyl groups excluding tert-OH is 1. The first-order valence-corrected chi connectivity index (χ1v) is 8.99. The second-order valence-corrected chi connectivity index (χ2v) is 7.83. The molecular weight excluding hydrogens is 318 g/mol. The Kier molecular flexibility index (Phi) is 5.99. The fourth-order valence-corrected chi connectivity index (χ4v) is 3.52. The molecule has 0 unspecified atom stereocenters. The summed E-state index contributed by atoms with van der Waals surface area (Å²) in [4.78, 5) is 2.10. The largest absolute Gasteiger partial charge is 0.496 e. The van der Waals surface area contributed by atoms with Crippen molar-refractivity contribution >= 4 is 10.2 Å². The van der Waals surface area contributed by atoms with Crippen LogP contribution in [0, 0.1) is 0 Å². The van der Waals surface area contributed by atoms with E-state index in [0.29, 0.717) is 26.1 Å². The second kappa shape index (κ2) is 7.59. The molecule has 0 radical (unpaired) electrons. The summed E-state index contributed by atoms with van der Waals surface area (Å²) in [6.07, 6.45) is -0.184. The van der Waals surface area contributed by atoms with Gasteiger partial charge in [-0.3, -0.25) is 4.90 Å². The van der Waals surface area contributed by atoms with E-state index in [1.165, 1.54) is 14.1 Å². The lowest BCUT2D eigenvalue weighted by molar-refractivity contribution is 0.0438. The Labute approximate surface area is 138 Å². The Bertz CT molecular complexity index is 621. The summed E-state index contributed by atoms with van der Waals surface area (Å²) >= 11 is 0. The molecule has 1 heterocycles. The maximum atomic E-state index is 11.9. The molecular formula is C15H25N3O4S. The maximum Gasteiger partial charge on any atom is 0.279 e. The van der Waals surface area contributed by atoms with Gasteiger partial charge in [0.1, 0.15) is 5.75 Å².